The summed E-state index contributed by atoms with van der Waals surface area (Å²) in [5.74, 6) is 0.918. The Morgan fingerprint density at radius 3 is 2.71 bits per heavy atom. The number of hydrogen-bond donors (Lipinski definition) is 1. The van der Waals surface area contributed by atoms with E-state index in [0.29, 0.717) is 19.8 Å². The van der Waals surface area contributed by atoms with Crippen LogP contribution in [0.2, 0.25) is 0 Å². The highest BCUT2D eigenvalue weighted by molar-refractivity contribution is 5.78. The molecule has 0 bridgehead atoms. The Kier molecular flexibility index (Phi) is 5.38. The molecule has 0 atom stereocenters. The number of rotatable bonds is 5. The van der Waals surface area contributed by atoms with E-state index in [4.69, 9.17) is 9.47 Å². The van der Waals surface area contributed by atoms with Crippen molar-refractivity contribution in [3.63, 3.8) is 0 Å². The van der Waals surface area contributed by atoms with Gasteiger partial charge in [-0.3, -0.25) is 4.79 Å². The van der Waals surface area contributed by atoms with Crippen LogP contribution < -0.4 is 10.1 Å². The number of benzene rings is 1. The smallest absolute Gasteiger partial charge is 0.223 e. The molecule has 1 aliphatic heterocycles. The zero-order valence-electron chi connectivity index (χ0n) is 13.7. The molecule has 1 aromatic carbocycles. The molecule has 0 saturated carbocycles. The van der Waals surface area contributed by atoms with E-state index in [0.717, 1.165) is 35.5 Å². The first kappa shape index (κ1) is 16.4. The molecule has 24 heavy (non-hydrogen) atoms. The second-order valence-corrected chi connectivity index (χ2v) is 5.73. The monoisotopic (exact) mass is 327 g/mol. The summed E-state index contributed by atoms with van der Waals surface area (Å²) in [5, 5.41) is 2.96. The molecule has 6 nitrogen and oxygen atoms in total. The first-order valence-electron chi connectivity index (χ1n) is 8.07. The van der Waals surface area contributed by atoms with Crippen molar-refractivity contribution in [3.05, 3.63) is 42.4 Å². The minimum absolute atomic E-state index is 0.0432. The SMILES string of the molecule is COc1ccc(-c2cc(CNC(=O)C3CCOCC3)ncn2)cc1. The number of carbonyl (C=O) groups excluding carboxylic acids is 1. The average Bonchev–Trinajstić information content (AvgIpc) is 2.67. The zero-order chi connectivity index (χ0) is 16.8. The van der Waals surface area contributed by atoms with Gasteiger partial charge in [0.25, 0.3) is 0 Å². The third kappa shape index (κ3) is 4.08. The summed E-state index contributed by atoms with van der Waals surface area (Å²) in [7, 11) is 1.64. The summed E-state index contributed by atoms with van der Waals surface area (Å²) in [6.07, 6.45) is 3.09. The van der Waals surface area contributed by atoms with Gasteiger partial charge in [0.2, 0.25) is 5.91 Å². The van der Waals surface area contributed by atoms with Crippen molar-refractivity contribution in [2.75, 3.05) is 20.3 Å². The summed E-state index contributed by atoms with van der Waals surface area (Å²) in [4.78, 5) is 20.7. The number of amides is 1. The fraction of sp³-hybridized carbons (Fsp3) is 0.389. The third-order valence-corrected chi connectivity index (χ3v) is 4.15. The number of aromatic nitrogens is 2. The average molecular weight is 327 g/mol. The molecule has 0 radical (unpaired) electrons. The number of hydrogen-bond acceptors (Lipinski definition) is 5. The van der Waals surface area contributed by atoms with E-state index in [1.807, 2.05) is 30.3 Å². The Morgan fingerprint density at radius 1 is 1.25 bits per heavy atom. The predicted octanol–water partition coefficient (Wildman–Crippen LogP) is 2.20. The first-order valence-corrected chi connectivity index (χ1v) is 8.07. The van der Waals surface area contributed by atoms with Crippen LogP contribution in [0.15, 0.2) is 36.7 Å². The molecule has 3 rings (SSSR count). The molecule has 1 saturated heterocycles. The van der Waals surface area contributed by atoms with E-state index in [1.165, 1.54) is 6.33 Å². The molecular weight excluding hydrogens is 306 g/mol. The number of carbonyl (C=O) groups is 1. The quantitative estimate of drug-likeness (QED) is 0.911. The van der Waals surface area contributed by atoms with Gasteiger partial charge in [0.05, 0.1) is 25.0 Å². The van der Waals surface area contributed by atoms with Gasteiger partial charge in [-0.2, -0.15) is 0 Å². The van der Waals surface area contributed by atoms with Crippen molar-refractivity contribution in [2.24, 2.45) is 5.92 Å². The molecule has 1 aliphatic rings. The molecule has 2 aromatic rings. The van der Waals surface area contributed by atoms with Crippen molar-refractivity contribution in [2.45, 2.75) is 19.4 Å². The van der Waals surface area contributed by atoms with Gasteiger partial charge in [-0.1, -0.05) is 0 Å². The summed E-state index contributed by atoms with van der Waals surface area (Å²) in [6.45, 7) is 1.72. The number of methoxy groups -OCH3 is 1. The van der Waals surface area contributed by atoms with Crippen LogP contribution in [0.1, 0.15) is 18.5 Å². The van der Waals surface area contributed by atoms with Crippen molar-refractivity contribution < 1.29 is 14.3 Å². The molecule has 1 aromatic heterocycles. The van der Waals surface area contributed by atoms with Gasteiger partial charge in [0.15, 0.2) is 0 Å². The number of nitrogens with zero attached hydrogens (tertiary/aromatic N) is 2. The maximum Gasteiger partial charge on any atom is 0.223 e. The lowest BCUT2D eigenvalue weighted by Crippen LogP contribution is -2.34. The van der Waals surface area contributed by atoms with Crippen LogP contribution >= 0.6 is 0 Å². The molecule has 0 spiro atoms. The van der Waals surface area contributed by atoms with E-state index in [9.17, 15) is 4.79 Å². The lowest BCUT2D eigenvalue weighted by molar-refractivity contribution is -0.128. The van der Waals surface area contributed by atoms with Crippen molar-refractivity contribution in [1.82, 2.24) is 15.3 Å². The van der Waals surface area contributed by atoms with Gasteiger partial charge < -0.3 is 14.8 Å². The number of nitrogens with one attached hydrogen (secondary N) is 1. The molecular formula is C18H21N3O3. The lowest BCUT2D eigenvalue weighted by atomic mass is 9.99. The fourth-order valence-corrected chi connectivity index (χ4v) is 2.70. The third-order valence-electron chi connectivity index (χ3n) is 4.15. The zero-order valence-corrected chi connectivity index (χ0v) is 13.7. The van der Waals surface area contributed by atoms with Crippen LogP contribution in [-0.4, -0.2) is 36.2 Å². The van der Waals surface area contributed by atoms with Crippen molar-refractivity contribution in [3.8, 4) is 17.0 Å². The highest BCUT2D eigenvalue weighted by Gasteiger charge is 2.21. The lowest BCUT2D eigenvalue weighted by Gasteiger charge is -2.21. The summed E-state index contributed by atoms with van der Waals surface area (Å²) in [6, 6.07) is 9.58. The van der Waals surface area contributed by atoms with Gasteiger partial charge in [-0.25, -0.2) is 9.97 Å². The molecule has 0 aliphatic carbocycles. The molecule has 1 amide bonds. The highest BCUT2D eigenvalue weighted by Crippen LogP contribution is 2.21. The number of ether oxygens (including phenoxy) is 2. The molecule has 1 N–H and O–H groups in total. The molecule has 2 heterocycles. The molecule has 126 valence electrons. The Morgan fingerprint density at radius 2 is 2.00 bits per heavy atom. The van der Waals surface area contributed by atoms with E-state index >= 15 is 0 Å². The maximum atomic E-state index is 12.2. The summed E-state index contributed by atoms with van der Waals surface area (Å²) < 4.78 is 10.4. The van der Waals surface area contributed by atoms with E-state index in [2.05, 4.69) is 15.3 Å². The second-order valence-electron chi connectivity index (χ2n) is 5.73. The Balaban J connectivity index is 1.63. The normalized spacial score (nSPS) is 15.0. The molecule has 6 heteroatoms. The minimum atomic E-state index is 0.0432. The standard InChI is InChI=1S/C18H21N3O3/c1-23-16-4-2-13(3-5-16)17-10-15(20-12-21-17)11-19-18(22)14-6-8-24-9-7-14/h2-5,10,12,14H,6-9,11H2,1H3,(H,19,22). The molecule has 1 fully saturated rings. The minimum Gasteiger partial charge on any atom is -0.497 e. The first-order chi connectivity index (χ1) is 11.8. The van der Waals surface area contributed by atoms with Crippen LogP contribution in [0.4, 0.5) is 0 Å². The second kappa shape index (κ2) is 7.88. The Labute approximate surface area is 141 Å². The van der Waals surface area contributed by atoms with E-state index in [1.54, 1.807) is 7.11 Å². The van der Waals surface area contributed by atoms with Crippen LogP contribution in [0.3, 0.4) is 0 Å². The Bertz CT molecular complexity index is 682. The van der Waals surface area contributed by atoms with E-state index in [-0.39, 0.29) is 11.8 Å². The van der Waals surface area contributed by atoms with Crippen LogP contribution in [0, 0.1) is 5.92 Å². The van der Waals surface area contributed by atoms with Crippen molar-refractivity contribution >= 4 is 5.91 Å². The van der Waals surface area contributed by atoms with Gasteiger partial charge in [-0.05, 0) is 43.2 Å². The maximum absolute atomic E-state index is 12.2. The fourth-order valence-electron chi connectivity index (χ4n) is 2.70. The van der Waals surface area contributed by atoms with Gasteiger partial charge in [0.1, 0.15) is 12.1 Å². The Hall–Kier alpha value is -2.47. The topological polar surface area (TPSA) is 73.3 Å². The predicted molar refractivity (Wildman–Crippen MR) is 89.4 cm³/mol. The van der Waals surface area contributed by atoms with Gasteiger partial charge in [0, 0.05) is 24.7 Å². The molecule has 0 unspecified atom stereocenters. The highest BCUT2D eigenvalue weighted by atomic mass is 16.5. The van der Waals surface area contributed by atoms with Gasteiger partial charge in [-0.15, -0.1) is 0 Å². The van der Waals surface area contributed by atoms with Crippen LogP contribution in [0.25, 0.3) is 11.3 Å². The van der Waals surface area contributed by atoms with Crippen LogP contribution in [0.5, 0.6) is 5.75 Å². The summed E-state index contributed by atoms with van der Waals surface area (Å²) >= 11 is 0. The van der Waals surface area contributed by atoms with Gasteiger partial charge >= 0.3 is 0 Å². The largest absolute Gasteiger partial charge is 0.497 e. The van der Waals surface area contributed by atoms with Crippen molar-refractivity contribution in [1.29, 1.82) is 0 Å². The van der Waals surface area contributed by atoms with Crippen LogP contribution in [-0.2, 0) is 16.1 Å². The van der Waals surface area contributed by atoms with E-state index < -0.39 is 0 Å². The summed E-state index contributed by atoms with van der Waals surface area (Å²) in [5.41, 5.74) is 2.59.